The number of aryl methyl sites for hydroxylation is 2. The molecule has 0 aliphatic heterocycles. The molecule has 0 radical (unpaired) electrons. The fourth-order valence-corrected chi connectivity index (χ4v) is 2.70. The third-order valence-electron chi connectivity index (χ3n) is 3.94. The predicted octanol–water partition coefficient (Wildman–Crippen LogP) is 3.82. The molecule has 2 aromatic rings. The number of anilines is 1. The van der Waals surface area contributed by atoms with Gasteiger partial charge in [0, 0.05) is 29.1 Å². The zero-order valence-electron chi connectivity index (χ0n) is 14.6. The molecule has 0 unspecified atom stereocenters. The van der Waals surface area contributed by atoms with Gasteiger partial charge in [-0.15, -0.1) is 0 Å². The van der Waals surface area contributed by atoms with Gasteiger partial charge in [-0.05, 0) is 66.3 Å². The molecule has 0 bridgehead atoms. The van der Waals surface area contributed by atoms with E-state index in [-0.39, 0.29) is 0 Å². The molecule has 1 aromatic heterocycles. The van der Waals surface area contributed by atoms with Gasteiger partial charge >= 0.3 is 11.9 Å². The normalized spacial score (nSPS) is 12.6. The van der Waals surface area contributed by atoms with Gasteiger partial charge in [-0.3, -0.25) is 4.98 Å². The molecule has 140 valence electrons. The van der Waals surface area contributed by atoms with E-state index < -0.39 is 11.9 Å². The standard InChI is InChI=1S/C16H15ClN2.C4H4O4/c1-10-9-19-16(8-15(10)18)12-3-2-11-4-5-14(17)7-13(11)6-12;5-3(6)1-2-4(7)8/h4-9H,2-3H2,1H3,(H2,18,19);1-2H,(H,5,6)(H,7,8). The van der Waals surface area contributed by atoms with Crippen LogP contribution in [-0.2, 0) is 16.0 Å². The average Bonchev–Trinajstić information content (AvgIpc) is 2.62. The van der Waals surface area contributed by atoms with Crippen LogP contribution in [0.5, 0.6) is 0 Å². The summed E-state index contributed by atoms with van der Waals surface area (Å²) in [6.45, 7) is 1.97. The van der Waals surface area contributed by atoms with Crippen LogP contribution in [0.3, 0.4) is 0 Å². The number of hydrogen-bond donors (Lipinski definition) is 3. The lowest BCUT2D eigenvalue weighted by molar-refractivity contribution is -0.134. The number of nitrogen functional groups attached to an aromatic ring is 1. The second-order valence-electron chi connectivity index (χ2n) is 5.95. The average molecular weight is 387 g/mol. The Morgan fingerprint density at radius 2 is 1.81 bits per heavy atom. The van der Waals surface area contributed by atoms with Gasteiger partial charge in [0.1, 0.15) is 0 Å². The number of carbonyl (C=O) groups is 2. The van der Waals surface area contributed by atoms with E-state index in [4.69, 9.17) is 27.5 Å². The molecule has 3 rings (SSSR count). The number of pyridine rings is 1. The molecular weight excluding hydrogens is 368 g/mol. The number of aromatic nitrogens is 1. The lowest BCUT2D eigenvalue weighted by atomic mass is 9.90. The molecule has 6 nitrogen and oxygen atoms in total. The van der Waals surface area contributed by atoms with Crippen LogP contribution in [0, 0.1) is 6.92 Å². The number of nitrogens with two attached hydrogens (primary N) is 1. The van der Waals surface area contributed by atoms with Crippen molar-refractivity contribution in [2.45, 2.75) is 19.8 Å². The van der Waals surface area contributed by atoms with Crippen LogP contribution in [0.15, 0.2) is 42.6 Å². The van der Waals surface area contributed by atoms with E-state index in [0.717, 1.165) is 34.8 Å². The van der Waals surface area contributed by atoms with E-state index in [9.17, 15) is 9.59 Å². The Morgan fingerprint density at radius 1 is 1.15 bits per heavy atom. The number of rotatable bonds is 3. The fourth-order valence-electron chi connectivity index (χ4n) is 2.52. The minimum Gasteiger partial charge on any atom is -0.478 e. The third kappa shape index (κ3) is 5.97. The Labute approximate surface area is 161 Å². The van der Waals surface area contributed by atoms with Crippen molar-refractivity contribution >= 4 is 40.9 Å². The first-order chi connectivity index (χ1) is 12.8. The van der Waals surface area contributed by atoms with Crippen LogP contribution in [0.2, 0.25) is 5.02 Å². The highest BCUT2D eigenvalue weighted by Gasteiger charge is 2.13. The van der Waals surface area contributed by atoms with Crippen LogP contribution in [-0.4, -0.2) is 27.1 Å². The molecule has 0 fully saturated rings. The lowest BCUT2D eigenvalue weighted by Gasteiger charge is -2.17. The Balaban J connectivity index is 0.000000279. The molecule has 7 heteroatoms. The smallest absolute Gasteiger partial charge is 0.328 e. The maximum absolute atomic E-state index is 9.55. The first kappa shape index (κ1) is 20.2. The number of carboxylic acid groups (broad SMARTS) is 2. The number of halogens is 1. The Kier molecular flexibility index (Phi) is 6.73. The van der Waals surface area contributed by atoms with Crippen molar-refractivity contribution in [3.8, 4) is 0 Å². The van der Waals surface area contributed by atoms with Crippen LogP contribution in [0.1, 0.15) is 28.8 Å². The van der Waals surface area contributed by atoms with Crippen molar-refractivity contribution in [2.75, 3.05) is 5.73 Å². The quantitative estimate of drug-likeness (QED) is 0.691. The summed E-state index contributed by atoms with van der Waals surface area (Å²) < 4.78 is 0. The number of fused-ring (bicyclic) bond motifs is 1. The van der Waals surface area contributed by atoms with Gasteiger partial charge in [0.25, 0.3) is 0 Å². The summed E-state index contributed by atoms with van der Waals surface area (Å²) in [4.78, 5) is 23.6. The molecule has 0 saturated carbocycles. The maximum Gasteiger partial charge on any atom is 0.328 e. The maximum atomic E-state index is 9.55. The number of benzene rings is 1. The molecule has 1 aliphatic carbocycles. The number of allylic oxidation sites excluding steroid dienone is 1. The van der Waals surface area contributed by atoms with E-state index in [2.05, 4.69) is 17.1 Å². The predicted molar refractivity (Wildman–Crippen MR) is 105 cm³/mol. The second-order valence-corrected chi connectivity index (χ2v) is 6.39. The molecule has 1 aliphatic rings. The highest BCUT2D eigenvalue weighted by atomic mass is 35.5. The zero-order chi connectivity index (χ0) is 20.0. The monoisotopic (exact) mass is 386 g/mol. The number of carboxylic acids is 2. The minimum absolute atomic E-state index is 0.558. The highest BCUT2D eigenvalue weighted by Crippen LogP contribution is 2.31. The van der Waals surface area contributed by atoms with Gasteiger partial charge < -0.3 is 15.9 Å². The van der Waals surface area contributed by atoms with Crippen LogP contribution in [0.4, 0.5) is 5.69 Å². The number of hydrogen-bond acceptors (Lipinski definition) is 4. The first-order valence-electron chi connectivity index (χ1n) is 8.11. The van der Waals surface area contributed by atoms with Gasteiger partial charge in [0.2, 0.25) is 0 Å². The zero-order valence-corrected chi connectivity index (χ0v) is 15.4. The third-order valence-corrected chi connectivity index (χ3v) is 4.18. The van der Waals surface area contributed by atoms with Gasteiger partial charge in [-0.1, -0.05) is 17.7 Å². The van der Waals surface area contributed by atoms with Crippen molar-refractivity contribution in [2.24, 2.45) is 0 Å². The van der Waals surface area contributed by atoms with Gasteiger partial charge in [-0.25, -0.2) is 9.59 Å². The molecule has 27 heavy (non-hydrogen) atoms. The summed E-state index contributed by atoms with van der Waals surface area (Å²) in [5.41, 5.74) is 12.5. The number of nitrogens with zero attached hydrogens (tertiary/aromatic N) is 1. The summed E-state index contributed by atoms with van der Waals surface area (Å²) in [5.74, 6) is -2.51. The molecule has 1 heterocycles. The van der Waals surface area contributed by atoms with E-state index in [1.54, 1.807) is 0 Å². The Hall–Kier alpha value is -3.12. The number of aliphatic carboxylic acids is 2. The van der Waals surface area contributed by atoms with E-state index in [1.807, 2.05) is 31.3 Å². The largest absolute Gasteiger partial charge is 0.478 e. The van der Waals surface area contributed by atoms with Crippen LogP contribution >= 0.6 is 11.6 Å². The van der Waals surface area contributed by atoms with E-state index in [1.165, 1.54) is 16.7 Å². The SMILES string of the molecule is Cc1cnc(C2=Cc3cc(Cl)ccc3CC2)cc1N.O=C(O)C=CC(=O)O. The summed E-state index contributed by atoms with van der Waals surface area (Å²) >= 11 is 6.05. The molecular formula is C20H19ClN2O4. The summed E-state index contributed by atoms with van der Waals surface area (Å²) in [5, 5.41) is 16.4. The van der Waals surface area contributed by atoms with Crippen molar-refractivity contribution in [3.63, 3.8) is 0 Å². The van der Waals surface area contributed by atoms with Crippen LogP contribution in [0.25, 0.3) is 11.6 Å². The second kappa shape index (κ2) is 9.00. The molecule has 0 saturated heterocycles. The van der Waals surface area contributed by atoms with E-state index >= 15 is 0 Å². The summed E-state index contributed by atoms with van der Waals surface area (Å²) in [6, 6.07) is 8.01. The summed E-state index contributed by atoms with van der Waals surface area (Å²) in [6.07, 6.45) is 7.13. The van der Waals surface area contributed by atoms with Gasteiger partial charge in [0.05, 0.1) is 5.69 Å². The molecule has 0 amide bonds. The fraction of sp³-hybridized carbons (Fsp3) is 0.150. The Morgan fingerprint density at radius 3 is 2.41 bits per heavy atom. The molecule has 4 N–H and O–H groups in total. The summed E-state index contributed by atoms with van der Waals surface area (Å²) in [7, 11) is 0. The first-order valence-corrected chi connectivity index (χ1v) is 8.49. The molecule has 0 atom stereocenters. The lowest BCUT2D eigenvalue weighted by Crippen LogP contribution is -2.02. The van der Waals surface area contributed by atoms with Crippen molar-refractivity contribution in [1.82, 2.24) is 4.98 Å². The topological polar surface area (TPSA) is 114 Å². The van der Waals surface area contributed by atoms with Gasteiger partial charge in [-0.2, -0.15) is 0 Å². The van der Waals surface area contributed by atoms with Crippen molar-refractivity contribution in [3.05, 3.63) is 70.0 Å². The highest BCUT2D eigenvalue weighted by molar-refractivity contribution is 6.30. The van der Waals surface area contributed by atoms with Crippen molar-refractivity contribution in [1.29, 1.82) is 0 Å². The van der Waals surface area contributed by atoms with Gasteiger partial charge in [0.15, 0.2) is 0 Å². The molecule has 0 spiro atoms. The van der Waals surface area contributed by atoms with Crippen LogP contribution < -0.4 is 5.73 Å². The Bertz CT molecular complexity index is 920. The van der Waals surface area contributed by atoms with E-state index in [0.29, 0.717) is 12.2 Å². The minimum atomic E-state index is -1.26. The molecule has 1 aromatic carbocycles. The van der Waals surface area contributed by atoms with Crippen molar-refractivity contribution < 1.29 is 19.8 Å².